The fourth-order valence-electron chi connectivity index (χ4n) is 2.66. The molecule has 12 heavy (non-hydrogen) atoms. The van der Waals surface area contributed by atoms with Gasteiger partial charge in [0.25, 0.3) is 0 Å². The summed E-state index contributed by atoms with van der Waals surface area (Å²) in [5.41, 5.74) is 0. The summed E-state index contributed by atoms with van der Waals surface area (Å²) < 4.78 is 0. The third-order valence-corrected chi connectivity index (χ3v) is 3.07. The predicted molar refractivity (Wildman–Crippen MR) is 44.6 cm³/mol. The average Bonchev–Trinajstić information content (AvgIpc) is 2.24. The summed E-state index contributed by atoms with van der Waals surface area (Å²) in [7, 11) is 0. The summed E-state index contributed by atoms with van der Waals surface area (Å²) in [6.45, 7) is 1.63. The van der Waals surface area contributed by atoms with E-state index in [0.717, 1.165) is 25.7 Å². The van der Waals surface area contributed by atoms with Crippen LogP contribution in [0.5, 0.6) is 0 Å². The van der Waals surface area contributed by atoms with Gasteiger partial charge in [0.1, 0.15) is 0 Å². The summed E-state index contributed by atoms with van der Waals surface area (Å²) in [5.74, 6) is 0.175. The van der Waals surface area contributed by atoms with E-state index in [1.165, 1.54) is 0 Å². The minimum atomic E-state index is -0.168. The van der Waals surface area contributed by atoms with E-state index >= 15 is 0 Å². The van der Waals surface area contributed by atoms with E-state index in [9.17, 15) is 9.90 Å². The molecule has 3 heteroatoms. The van der Waals surface area contributed by atoms with Gasteiger partial charge in [-0.2, -0.15) is 0 Å². The standard InChI is InChI=1S/C9H15NO2/c1-6(11)10-7-2-3-8(10)5-9(12)4-7/h7-9,12H,2-5H2,1H3/t7-,8?,9+/m0/s1. The van der Waals surface area contributed by atoms with Crippen LogP contribution in [0.2, 0.25) is 0 Å². The van der Waals surface area contributed by atoms with Crippen LogP contribution in [0.1, 0.15) is 32.6 Å². The van der Waals surface area contributed by atoms with Crippen molar-refractivity contribution in [2.45, 2.75) is 50.8 Å². The van der Waals surface area contributed by atoms with E-state index in [0.29, 0.717) is 12.1 Å². The summed E-state index contributed by atoms with van der Waals surface area (Å²) in [6, 6.07) is 0.660. The smallest absolute Gasteiger partial charge is 0.219 e. The van der Waals surface area contributed by atoms with Gasteiger partial charge in [0.15, 0.2) is 0 Å². The first-order valence-electron chi connectivity index (χ1n) is 4.65. The number of carbonyl (C=O) groups is 1. The lowest BCUT2D eigenvalue weighted by Crippen LogP contribution is -2.46. The van der Waals surface area contributed by atoms with Gasteiger partial charge in [-0.1, -0.05) is 0 Å². The van der Waals surface area contributed by atoms with Gasteiger partial charge in [-0.25, -0.2) is 0 Å². The number of rotatable bonds is 0. The predicted octanol–water partition coefficient (Wildman–Crippen LogP) is 0.521. The first-order chi connectivity index (χ1) is 5.68. The second-order valence-electron chi connectivity index (χ2n) is 3.94. The van der Waals surface area contributed by atoms with E-state index in [-0.39, 0.29) is 12.0 Å². The molecule has 1 amide bonds. The molecule has 2 heterocycles. The molecule has 3 atom stereocenters. The molecule has 0 aromatic rings. The van der Waals surface area contributed by atoms with Crippen molar-refractivity contribution in [1.82, 2.24) is 4.90 Å². The Morgan fingerprint density at radius 3 is 2.25 bits per heavy atom. The van der Waals surface area contributed by atoms with Gasteiger partial charge >= 0.3 is 0 Å². The maximum atomic E-state index is 11.2. The van der Waals surface area contributed by atoms with Crippen LogP contribution in [-0.4, -0.2) is 34.1 Å². The second kappa shape index (κ2) is 2.73. The van der Waals surface area contributed by atoms with Crippen molar-refractivity contribution in [2.75, 3.05) is 0 Å². The van der Waals surface area contributed by atoms with Crippen LogP contribution in [0.3, 0.4) is 0 Å². The zero-order valence-electron chi connectivity index (χ0n) is 7.36. The molecular weight excluding hydrogens is 154 g/mol. The number of aliphatic hydroxyl groups excluding tert-OH is 1. The zero-order chi connectivity index (χ0) is 8.72. The number of hydrogen-bond acceptors (Lipinski definition) is 2. The maximum Gasteiger partial charge on any atom is 0.219 e. The lowest BCUT2D eigenvalue weighted by atomic mass is 10.00. The first kappa shape index (κ1) is 8.05. The minimum absolute atomic E-state index is 0.168. The quantitative estimate of drug-likeness (QED) is 0.574. The number of aliphatic hydroxyl groups is 1. The van der Waals surface area contributed by atoms with Crippen molar-refractivity contribution < 1.29 is 9.90 Å². The Morgan fingerprint density at radius 2 is 1.83 bits per heavy atom. The minimum Gasteiger partial charge on any atom is -0.393 e. The van der Waals surface area contributed by atoms with Crippen molar-refractivity contribution in [3.8, 4) is 0 Å². The van der Waals surface area contributed by atoms with Gasteiger partial charge in [0.05, 0.1) is 6.10 Å². The number of amides is 1. The van der Waals surface area contributed by atoms with Crippen molar-refractivity contribution in [2.24, 2.45) is 0 Å². The van der Waals surface area contributed by atoms with E-state index in [1.807, 2.05) is 4.90 Å². The SMILES string of the molecule is CC(=O)N1C2CC[C@H]1C[C@@H](O)C2. The summed E-state index contributed by atoms with van der Waals surface area (Å²) in [5, 5.41) is 9.45. The molecule has 0 aromatic heterocycles. The van der Waals surface area contributed by atoms with Gasteiger partial charge in [-0.3, -0.25) is 4.79 Å². The van der Waals surface area contributed by atoms with Gasteiger partial charge in [0.2, 0.25) is 5.91 Å². The molecular formula is C9H15NO2. The molecule has 0 aromatic carbocycles. The van der Waals surface area contributed by atoms with Crippen LogP contribution < -0.4 is 0 Å². The molecule has 68 valence electrons. The molecule has 0 saturated carbocycles. The molecule has 2 aliphatic heterocycles. The molecule has 0 aliphatic carbocycles. The number of carbonyl (C=O) groups excluding carboxylic acids is 1. The van der Waals surface area contributed by atoms with Crippen molar-refractivity contribution >= 4 is 5.91 Å². The highest BCUT2D eigenvalue weighted by Crippen LogP contribution is 2.35. The third-order valence-electron chi connectivity index (χ3n) is 3.07. The largest absolute Gasteiger partial charge is 0.393 e. The number of hydrogen-bond donors (Lipinski definition) is 1. The van der Waals surface area contributed by atoms with Gasteiger partial charge in [-0.15, -0.1) is 0 Å². The Morgan fingerprint density at radius 1 is 1.33 bits per heavy atom. The van der Waals surface area contributed by atoms with Crippen molar-refractivity contribution in [1.29, 1.82) is 0 Å². The van der Waals surface area contributed by atoms with Crippen LogP contribution in [0.25, 0.3) is 0 Å². The van der Waals surface area contributed by atoms with Crippen molar-refractivity contribution in [3.05, 3.63) is 0 Å². The Kier molecular flexibility index (Phi) is 1.83. The Labute approximate surface area is 72.4 Å². The fourth-order valence-corrected chi connectivity index (χ4v) is 2.66. The lowest BCUT2D eigenvalue weighted by molar-refractivity contribution is -0.134. The van der Waals surface area contributed by atoms with E-state index in [2.05, 4.69) is 0 Å². The summed E-state index contributed by atoms with van der Waals surface area (Å²) >= 11 is 0. The van der Waals surface area contributed by atoms with Crippen molar-refractivity contribution in [3.63, 3.8) is 0 Å². The molecule has 1 unspecified atom stereocenters. The number of fused-ring (bicyclic) bond motifs is 2. The molecule has 3 nitrogen and oxygen atoms in total. The summed E-state index contributed by atoms with van der Waals surface area (Å²) in [6.07, 6.45) is 3.58. The topological polar surface area (TPSA) is 40.5 Å². The van der Waals surface area contributed by atoms with Gasteiger partial charge in [-0.05, 0) is 25.7 Å². The first-order valence-corrected chi connectivity index (χ1v) is 4.65. The molecule has 2 saturated heterocycles. The molecule has 2 aliphatic rings. The second-order valence-corrected chi connectivity index (χ2v) is 3.94. The summed E-state index contributed by atoms with van der Waals surface area (Å²) in [4.78, 5) is 13.2. The fraction of sp³-hybridized carbons (Fsp3) is 0.889. The van der Waals surface area contributed by atoms with Crippen LogP contribution in [0.4, 0.5) is 0 Å². The lowest BCUT2D eigenvalue weighted by Gasteiger charge is -2.36. The molecule has 2 rings (SSSR count). The molecule has 1 N–H and O–H groups in total. The van der Waals surface area contributed by atoms with Gasteiger partial charge < -0.3 is 10.0 Å². The van der Waals surface area contributed by atoms with Crippen LogP contribution in [0, 0.1) is 0 Å². The highest BCUT2D eigenvalue weighted by molar-refractivity contribution is 5.74. The highest BCUT2D eigenvalue weighted by atomic mass is 16.3. The maximum absolute atomic E-state index is 11.2. The van der Waals surface area contributed by atoms with Crippen LogP contribution >= 0.6 is 0 Å². The Balaban J connectivity index is 2.14. The van der Waals surface area contributed by atoms with Crippen LogP contribution in [-0.2, 0) is 4.79 Å². The molecule has 2 bridgehead atoms. The zero-order valence-corrected chi connectivity index (χ0v) is 7.36. The Bertz CT molecular complexity index is 191. The van der Waals surface area contributed by atoms with Gasteiger partial charge in [0, 0.05) is 19.0 Å². The average molecular weight is 169 g/mol. The highest BCUT2D eigenvalue weighted by Gasteiger charge is 2.41. The van der Waals surface area contributed by atoms with E-state index in [4.69, 9.17) is 0 Å². The number of piperidine rings is 1. The number of nitrogens with zero attached hydrogens (tertiary/aromatic N) is 1. The Hall–Kier alpha value is -0.570. The third kappa shape index (κ3) is 1.12. The van der Waals surface area contributed by atoms with Crippen LogP contribution in [0.15, 0.2) is 0 Å². The molecule has 2 fully saturated rings. The molecule has 0 spiro atoms. The van der Waals surface area contributed by atoms with E-state index < -0.39 is 0 Å². The monoisotopic (exact) mass is 169 g/mol. The van der Waals surface area contributed by atoms with E-state index in [1.54, 1.807) is 6.92 Å². The molecule has 0 radical (unpaired) electrons. The normalized spacial score (nSPS) is 40.2.